The van der Waals surface area contributed by atoms with Gasteiger partial charge in [0.25, 0.3) is 0 Å². The first-order valence-corrected chi connectivity index (χ1v) is 8.94. The summed E-state index contributed by atoms with van der Waals surface area (Å²) < 4.78 is 0. The average molecular weight is 320 g/mol. The zero-order valence-electron chi connectivity index (χ0n) is 14.3. The molecule has 2 fully saturated rings. The highest BCUT2D eigenvalue weighted by Gasteiger charge is 2.48. The maximum atomic E-state index is 12.9. The van der Waals surface area contributed by atoms with Crippen LogP contribution in [0.5, 0.6) is 0 Å². The number of fused-ring (bicyclic) bond motifs is 2. The van der Waals surface area contributed by atoms with E-state index in [0.29, 0.717) is 5.92 Å². The molecule has 0 aromatic heterocycles. The van der Waals surface area contributed by atoms with Crippen molar-refractivity contribution in [1.29, 1.82) is 0 Å². The molecule has 0 spiro atoms. The number of aliphatic hydroxyl groups is 1. The van der Waals surface area contributed by atoms with E-state index in [9.17, 15) is 9.90 Å². The molecule has 2 aliphatic rings. The third-order valence-corrected chi connectivity index (χ3v) is 6.02. The lowest BCUT2D eigenvalue weighted by Gasteiger charge is -2.34. The first-order valence-electron chi connectivity index (χ1n) is 8.94. The SMILES string of the molecule is Cc1cc(-c2ccccc2)cc(C)c1C1C(=O)[C@@H]2CC[C@@H](C2)C1O. The van der Waals surface area contributed by atoms with Gasteiger partial charge in [-0.15, -0.1) is 0 Å². The van der Waals surface area contributed by atoms with Crippen LogP contribution in [-0.4, -0.2) is 17.0 Å². The minimum absolute atomic E-state index is 0.163. The van der Waals surface area contributed by atoms with Crippen LogP contribution >= 0.6 is 0 Å². The van der Waals surface area contributed by atoms with Gasteiger partial charge < -0.3 is 5.11 Å². The number of carbonyl (C=O) groups is 1. The van der Waals surface area contributed by atoms with Gasteiger partial charge in [-0.3, -0.25) is 4.79 Å². The first-order chi connectivity index (χ1) is 11.6. The second-order valence-electron chi connectivity index (χ2n) is 7.53. The maximum Gasteiger partial charge on any atom is 0.146 e. The lowest BCUT2D eigenvalue weighted by molar-refractivity contribution is -0.130. The molecule has 2 bridgehead atoms. The Labute approximate surface area is 143 Å². The number of hydrogen-bond acceptors (Lipinski definition) is 2. The van der Waals surface area contributed by atoms with E-state index in [2.05, 4.69) is 38.1 Å². The Bertz CT molecular complexity index is 755. The quantitative estimate of drug-likeness (QED) is 0.889. The minimum atomic E-state index is -0.517. The van der Waals surface area contributed by atoms with Crippen LogP contribution in [0, 0.1) is 25.7 Å². The third-order valence-electron chi connectivity index (χ3n) is 6.02. The van der Waals surface area contributed by atoms with Crippen LogP contribution in [0.4, 0.5) is 0 Å². The number of aryl methyl sites for hydroxylation is 2. The van der Waals surface area contributed by atoms with Crippen molar-refractivity contribution >= 4 is 5.78 Å². The van der Waals surface area contributed by atoms with Crippen molar-refractivity contribution in [1.82, 2.24) is 0 Å². The first kappa shape index (κ1) is 15.6. The third kappa shape index (κ3) is 2.41. The van der Waals surface area contributed by atoms with Gasteiger partial charge in [-0.2, -0.15) is 0 Å². The van der Waals surface area contributed by atoms with Crippen LogP contribution < -0.4 is 0 Å². The van der Waals surface area contributed by atoms with Crippen molar-refractivity contribution < 1.29 is 9.90 Å². The Morgan fingerprint density at radius 2 is 1.62 bits per heavy atom. The molecule has 1 N–H and O–H groups in total. The molecular weight excluding hydrogens is 296 g/mol. The molecule has 4 rings (SSSR count). The number of hydrogen-bond donors (Lipinski definition) is 1. The van der Waals surface area contributed by atoms with E-state index in [4.69, 9.17) is 0 Å². The average Bonchev–Trinajstić information content (AvgIpc) is 3.03. The van der Waals surface area contributed by atoms with E-state index >= 15 is 0 Å². The molecule has 2 saturated carbocycles. The number of Topliss-reactive ketones (excluding diaryl/α,β-unsaturated/α-hetero) is 1. The topological polar surface area (TPSA) is 37.3 Å². The largest absolute Gasteiger partial charge is 0.392 e. The smallest absolute Gasteiger partial charge is 0.146 e. The van der Waals surface area contributed by atoms with Crippen LogP contribution in [-0.2, 0) is 4.79 Å². The van der Waals surface area contributed by atoms with Gasteiger partial charge in [-0.1, -0.05) is 42.5 Å². The molecule has 124 valence electrons. The van der Waals surface area contributed by atoms with Gasteiger partial charge in [0.1, 0.15) is 5.78 Å². The van der Waals surface area contributed by atoms with Gasteiger partial charge in [0, 0.05) is 5.92 Å². The van der Waals surface area contributed by atoms with Crippen molar-refractivity contribution in [2.24, 2.45) is 11.8 Å². The van der Waals surface area contributed by atoms with E-state index in [1.54, 1.807) is 0 Å². The van der Waals surface area contributed by atoms with E-state index in [0.717, 1.165) is 36.0 Å². The summed E-state index contributed by atoms with van der Waals surface area (Å²) in [6.45, 7) is 4.15. The molecule has 2 nitrogen and oxygen atoms in total. The Kier molecular flexibility index (Phi) is 3.80. The molecule has 2 aromatic carbocycles. The molecule has 0 heterocycles. The van der Waals surface area contributed by atoms with Crippen molar-refractivity contribution in [2.75, 3.05) is 0 Å². The monoisotopic (exact) mass is 320 g/mol. The predicted molar refractivity (Wildman–Crippen MR) is 95.9 cm³/mol. The summed E-state index contributed by atoms with van der Waals surface area (Å²) in [6.07, 6.45) is 2.32. The summed E-state index contributed by atoms with van der Waals surface area (Å²) in [5.41, 5.74) is 5.66. The molecule has 2 aromatic rings. The number of benzene rings is 2. The molecule has 2 heteroatoms. The Morgan fingerprint density at radius 1 is 0.958 bits per heavy atom. The molecule has 4 atom stereocenters. The fraction of sp³-hybridized carbons (Fsp3) is 0.409. The Balaban J connectivity index is 1.78. The van der Waals surface area contributed by atoms with Crippen molar-refractivity contribution in [3.8, 4) is 11.1 Å². The second-order valence-corrected chi connectivity index (χ2v) is 7.53. The number of aliphatic hydroxyl groups excluding tert-OH is 1. The number of rotatable bonds is 2. The predicted octanol–water partition coefficient (Wildman–Crippen LogP) is 4.41. The van der Waals surface area contributed by atoms with Crippen LogP contribution in [0.2, 0.25) is 0 Å². The van der Waals surface area contributed by atoms with E-state index in [1.165, 1.54) is 11.1 Å². The second kappa shape index (κ2) is 5.86. The van der Waals surface area contributed by atoms with Crippen molar-refractivity contribution in [3.63, 3.8) is 0 Å². The van der Waals surface area contributed by atoms with Gasteiger partial charge in [-0.05, 0) is 66.8 Å². The lowest BCUT2D eigenvalue weighted by Crippen LogP contribution is -2.39. The zero-order chi connectivity index (χ0) is 16.8. The molecule has 0 radical (unpaired) electrons. The summed E-state index contributed by atoms with van der Waals surface area (Å²) in [4.78, 5) is 12.9. The number of ketones is 1. The van der Waals surface area contributed by atoms with Gasteiger partial charge >= 0.3 is 0 Å². The standard InChI is InChI=1S/C22H24O2/c1-13-10-18(15-6-4-3-5-7-15)11-14(2)19(13)20-21(23)16-8-9-17(12-16)22(20)24/h3-7,10-11,16-17,20-21,23H,8-9,12H2,1-2H3/t16-,17+,20?,21?/m0/s1. The van der Waals surface area contributed by atoms with Crippen LogP contribution in [0.1, 0.15) is 41.9 Å². The van der Waals surface area contributed by atoms with Gasteiger partial charge in [0.15, 0.2) is 0 Å². The zero-order valence-corrected chi connectivity index (χ0v) is 14.3. The summed E-state index contributed by atoms with van der Waals surface area (Å²) >= 11 is 0. The van der Waals surface area contributed by atoms with Gasteiger partial charge in [-0.25, -0.2) is 0 Å². The molecule has 2 aliphatic carbocycles. The van der Waals surface area contributed by atoms with Crippen molar-refractivity contribution in [2.45, 2.75) is 45.1 Å². The summed E-state index contributed by atoms with van der Waals surface area (Å²) in [5, 5.41) is 10.8. The van der Waals surface area contributed by atoms with Crippen LogP contribution in [0.15, 0.2) is 42.5 Å². The van der Waals surface area contributed by atoms with Gasteiger partial charge in [0.2, 0.25) is 0 Å². The van der Waals surface area contributed by atoms with E-state index in [1.807, 2.05) is 18.2 Å². The highest BCUT2D eigenvalue weighted by Crippen LogP contribution is 2.47. The highest BCUT2D eigenvalue weighted by atomic mass is 16.3. The molecule has 2 unspecified atom stereocenters. The van der Waals surface area contributed by atoms with Crippen molar-refractivity contribution in [3.05, 3.63) is 59.2 Å². The van der Waals surface area contributed by atoms with E-state index < -0.39 is 6.10 Å². The summed E-state index contributed by atoms with van der Waals surface area (Å²) in [6, 6.07) is 14.6. The summed E-state index contributed by atoms with van der Waals surface area (Å²) in [7, 11) is 0. The number of carbonyl (C=O) groups excluding carboxylic acids is 1. The Morgan fingerprint density at radius 3 is 2.29 bits per heavy atom. The van der Waals surface area contributed by atoms with Gasteiger partial charge in [0.05, 0.1) is 12.0 Å². The molecular formula is C22H24O2. The molecule has 24 heavy (non-hydrogen) atoms. The highest BCUT2D eigenvalue weighted by molar-refractivity contribution is 5.91. The molecule has 0 aliphatic heterocycles. The Hall–Kier alpha value is -1.93. The molecule has 0 amide bonds. The summed E-state index contributed by atoms with van der Waals surface area (Å²) in [5.74, 6) is 0.386. The van der Waals surface area contributed by atoms with Crippen LogP contribution in [0.3, 0.4) is 0 Å². The van der Waals surface area contributed by atoms with Crippen LogP contribution in [0.25, 0.3) is 11.1 Å². The normalized spacial score (nSPS) is 29.0. The fourth-order valence-corrected chi connectivity index (χ4v) is 4.85. The maximum absolute atomic E-state index is 12.9. The lowest BCUT2D eigenvalue weighted by atomic mass is 9.72. The van der Waals surface area contributed by atoms with E-state index in [-0.39, 0.29) is 17.6 Å². The molecule has 0 saturated heterocycles. The minimum Gasteiger partial charge on any atom is -0.392 e. The fourth-order valence-electron chi connectivity index (χ4n) is 4.85.